The van der Waals surface area contributed by atoms with Gasteiger partial charge in [0.2, 0.25) is 0 Å². The lowest BCUT2D eigenvalue weighted by Gasteiger charge is -2.25. The Balaban J connectivity index is 1.56. The SMILES string of the molecule is COC[C@@H]1C[C@H](CC2CCCCC2)CN1Cc1ccc(C(=O)N[C@@H](CCSC)C(=O)O)c(-c2ccccc2C)c1. The first kappa shape index (κ1) is 30.6. The maximum atomic E-state index is 13.4. The summed E-state index contributed by atoms with van der Waals surface area (Å²) in [5.74, 6) is 0.902. The lowest BCUT2D eigenvalue weighted by molar-refractivity contribution is -0.139. The van der Waals surface area contributed by atoms with Crippen molar-refractivity contribution in [2.45, 2.75) is 76.9 Å². The van der Waals surface area contributed by atoms with Gasteiger partial charge in [-0.1, -0.05) is 62.4 Å². The van der Waals surface area contributed by atoms with Crippen LogP contribution in [0.3, 0.4) is 0 Å². The fourth-order valence-electron chi connectivity index (χ4n) is 6.66. The number of benzene rings is 2. The van der Waals surface area contributed by atoms with Crippen molar-refractivity contribution in [2.24, 2.45) is 11.8 Å². The molecule has 1 aliphatic carbocycles. The van der Waals surface area contributed by atoms with Gasteiger partial charge in [-0.15, -0.1) is 0 Å². The molecule has 218 valence electrons. The molecule has 2 aromatic carbocycles. The second kappa shape index (κ2) is 15.0. The van der Waals surface area contributed by atoms with Crippen LogP contribution in [0.5, 0.6) is 0 Å². The van der Waals surface area contributed by atoms with Crippen molar-refractivity contribution in [1.29, 1.82) is 0 Å². The minimum Gasteiger partial charge on any atom is -0.480 e. The highest BCUT2D eigenvalue weighted by atomic mass is 32.2. The summed E-state index contributed by atoms with van der Waals surface area (Å²) >= 11 is 1.57. The molecule has 1 amide bonds. The number of aryl methyl sites for hydroxylation is 1. The van der Waals surface area contributed by atoms with E-state index in [1.807, 2.05) is 49.6 Å². The van der Waals surface area contributed by atoms with Gasteiger partial charge in [-0.25, -0.2) is 4.79 Å². The van der Waals surface area contributed by atoms with Crippen LogP contribution in [0.25, 0.3) is 11.1 Å². The fourth-order valence-corrected chi connectivity index (χ4v) is 7.13. The summed E-state index contributed by atoms with van der Waals surface area (Å²) < 4.78 is 5.63. The number of nitrogens with one attached hydrogen (secondary N) is 1. The molecule has 7 heteroatoms. The predicted molar refractivity (Wildman–Crippen MR) is 164 cm³/mol. The second-order valence-corrected chi connectivity index (χ2v) is 12.7. The third kappa shape index (κ3) is 8.11. The Kier molecular flexibility index (Phi) is 11.5. The van der Waals surface area contributed by atoms with E-state index in [0.29, 0.717) is 29.7 Å². The van der Waals surface area contributed by atoms with Crippen LogP contribution in [-0.4, -0.2) is 66.2 Å². The minimum absolute atomic E-state index is 0.343. The number of likely N-dealkylation sites (tertiary alicyclic amines) is 1. The molecule has 6 nitrogen and oxygen atoms in total. The van der Waals surface area contributed by atoms with Crippen molar-refractivity contribution < 1.29 is 19.4 Å². The molecule has 1 heterocycles. The molecule has 3 atom stereocenters. The zero-order valence-corrected chi connectivity index (χ0v) is 25.2. The standard InChI is InChI=1S/C33H46N2O4S/c1-23-9-7-8-12-28(23)30-19-25(13-14-29(30)32(36)34-31(33(37)38)15-16-40-3)20-35-21-26(18-27(35)22-39-2)17-24-10-5-4-6-11-24/h7-9,12-14,19,24,26-27,31H,4-6,10-11,15-18,20-22H2,1-3H3,(H,34,36)(H,37,38)/t26-,27-,31-/m0/s1. The van der Waals surface area contributed by atoms with Crippen molar-refractivity contribution in [2.75, 3.05) is 32.3 Å². The Hall–Kier alpha value is -2.35. The Morgan fingerprint density at radius 3 is 2.58 bits per heavy atom. The summed E-state index contributed by atoms with van der Waals surface area (Å²) in [6, 6.07) is 13.6. The maximum Gasteiger partial charge on any atom is 0.326 e. The van der Waals surface area contributed by atoms with Crippen LogP contribution in [0.1, 0.15) is 72.9 Å². The number of methoxy groups -OCH3 is 1. The van der Waals surface area contributed by atoms with E-state index in [1.165, 1.54) is 44.9 Å². The number of nitrogens with zero attached hydrogens (tertiary/aromatic N) is 1. The van der Waals surface area contributed by atoms with Gasteiger partial charge in [0.25, 0.3) is 5.91 Å². The van der Waals surface area contributed by atoms with Crippen LogP contribution in [0.2, 0.25) is 0 Å². The molecule has 0 radical (unpaired) electrons. The summed E-state index contributed by atoms with van der Waals surface area (Å²) in [5.41, 5.74) is 4.60. The van der Waals surface area contributed by atoms with E-state index in [1.54, 1.807) is 18.9 Å². The van der Waals surface area contributed by atoms with Gasteiger partial charge in [-0.05, 0) is 84.4 Å². The van der Waals surface area contributed by atoms with Crippen molar-refractivity contribution in [3.05, 3.63) is 59.2 Å². The molecule has 0 spiro atoms. The maximum absolute atomic E-state index is 13.4. The smallest absolute Gasteiger partial charge is 0.326 e. The van der Waals surface area contributed by atoms with Crippen LogP contribution in [0.15, 0.2) is 42.5 Å². The van der Waals surface area contributed by atoms with E-state index >= 15 is 0 Å². The Morgan fingerprint density at radius 2 is 1.88 bits per heavy atom. The second-order valence-electron chi connectivity index (χ2n) is 11.7. The molecule has 2 aliphatic rings. The lowest BCUT2D eigenvalue weighted by atomic mass is 9.82. The van der Waals surface area contributed by atoms with Crippen molar-refractivity contribution in [1.82, 2.24) is 10.2 Å². The third-order valence-electron chi connectivity index (χ3n) is 8.73. The summed E-state index contributed by atoms with van der Waals surface area (Å²) in [4.78, 5) is 27.8. The van der Waals surface area contributed by atoms with Crippen LogP contribution >= 0.6 is 11.8 Å². The molecule has 0 aromatic heterocycles. The molecule has 40 heavy (non-hydrogen) atoms. The Morgan fingerprint density at radius 1 is 1.10 bits per heavy atom. The number of ether oxygens (including phenoxy) is 1. The van der Waals surface area contributed by atoms with Gasteiger partial charge in [0.05, 0.1) is 6.61 Å². The molecule has 0 bridgehead atoms. The monoisotopic (exact) mass is 566 g/mol. The molecule has 2 aromatic rings. The van der Waals surface area contributed by atoms with E-state index < -0.39 is 12.0 Å². The van der Waals surface area contributed by atoms with E-state index in [4.69, 9.17) is 4.74 Å². The van der Waals surface area contributed by atoms with Gasteiger partial charge in [0.15, 0.2) is 0 Å². The topological polar surface area (TPSA) is 78.9 Å². The van der Waals surface area contributed by atoms with Crippen molar-refractivity contribution in [3.63, 3.8) is 0 Å². The zero-order valence-electron chi connectivity index (χ0n) is 24.4. The van der Waals surface area contributed by atoms with E-state index in [-0.39, 0.29) is 5.91 Å². The number of rotatable bonds is 13. The highest BCUT2D eigenvalue weighted by molar-refractivity contribution is 7.98. The average molecular weight is 567 g/mol. The number of hydrogen-bond acceptors (Lipinski definition) is 5. The highest BCUT2D eigenvalue weighted by Gasteiger charge is 2.34. The highest BCUT2D eigenvalue weighted by Crippen LogP contribution is 2.36. The van der Waals surface area contributed by atoms with Crippen LogP contribution in [-0.2, 0) is 16.1 Å². The normalized spacial score (nSPS) is 20.9. The zero-order chi connectivity index (χ0) is 28.5. The van der Waals surface area contributed by atoms with Gasteiger partial charge in [0, 0.05) is 31.8 Å². The molecular weight excluding hydrogens is 520 g/mol. The number of aliphatic carboxylic acids is 1. The first-order valence-corrected chi connectivity index (χ1v) is 16.2. The van der Waals surface area contributed by atoms with Gasteiger partial charge in [0.1, 0.15) is 6.04 Å². The number of amides is 1. The third-order valence-corrected chi connectivity index (χ3v) is 9.37. The van der Waals surface area contributed by atoms with E-state index in [2.05, 4.69) is 16.3 Å². The summed E-state index contributed by atoms with van der Waals surface area (Å²) in [6.45, 7) is 4.68. The number of hydrogen-bond donors (Lipinski definition) is 2. The molecule has 0 unspecified atom stereocenters. The fraction of sp³-hybridized carbons (Fsp3) is 0.576. The number of carbonyl (C=O) groups excluding carboxylic acids is 1. The summed E-state index contributed by atoms with van der Waals surface area (Å²) in [5, 5.41) is 12.5. The van der Waals surface area contributed by atoms with Crippen LogP contribution in [0, 0.1) is 18.8 Å². The van der Waals surface area contributed by atoms with Gasteiger partial charge in [-0.3, -0.25) is 9.69 Å². The largest absolute Gasteiger partial charge is 0.480 e. The summed E-state index contributed by atoms with van der Waals surface area (Å²) in [6.07, 6.45) is 11.8. The number of carboxylic acid groups (broad SMARTS) is 1. The Labute approximate surface area is 244 Å². The number of carbonyl (C=O) groups is 2. The van der Waals surface area contributed by atoms with E-state index in [0.717, 1.165) is 47.9 Å². The van der Waals surface area contributed by atoms with Gasteiger partial charge < -0.3 is 15.2 Å². The number of carboxylic acids is 1. The van der Waals surface area contributed by atoms with Crippen LogP contribution < -0.4 is 5.32 Å². The first-order chi connectivity index (χ1) is 19.4. The number of thioether (sulfide) groups is 1. The van der Waals surface area contributed by atoms with Crippen LogP contribution in [0.4, 0.5) is 0 Å². The molecular formula is C33H46N2O4S. The van der Waals surface area contributed by atoms with Crippen molar-refractivity contribution >= 4 is 23.6 Å². The average Bonchev–Trinajstić information content (AvgIpc) is 3.31. The van der Waals surface area contributed by atoms with E-state index in [9.17, 15) is 14.7 Å². The quantitative estimate of drug-likeness (QED) is 0.292. The molecule has 1 saturated heterocycles. The minimum atomic E-state index is -1.00. The van der Waals surface area contributed by atoms with Gasteiger partial charge >= 0.3 is 5.97 Å². The van der Waals surface area contributed by atoms with Gasteiger partial charge in [-0.2, -0.15) is 11.8 Å². The molecule has 2 N–H and O–H groups in total. The lowest BCUT2D eigenvalue weighted by Crippen LogP contribution is -2.41. The molecule has 2 fully saturated rings. The Bertz CT molecular complexity index is 1130. The van der Waals surface area contributed by atoms with Crippen molar-refractivity contribution in [3.8, 4) is 11.1 Å². The molecule has 1 aliphatic heterocycles. The molecule has 1 saturated carbocycles. The first-order valence-electron chi connectivity index (χ1n) is 14.8. The molecule has 4 rings (SSSR count). The summed E-state index contributed by atoms with van der Waals surface area (Å²) in [7, 11) is 1.79. The predicted octanol–water partition coefficient (Wildman–Crippen LogP) is 6.41.